The molecule has 1 aliphatic carbocycles. The first-order chi connectivity index (χ1) is 21.8. The van der Waals surface area contributed by atoms with E-state index < -0.39 is 17.8 Å². The molecule has 0 radical (unpaired) electrons. The molecule has 234 valence electrons. The smallest absolute Gasteiger partial charge is 0.413 e. The Labute approximate surface area is 262 Å². The fourth-order valence-electron chi connectivity index (χ4n) is 5.54. The number of halogens is 3. The van der Waals surface area contributed by atoms with Crippen LogP contribution in [-0.4, -0.2) is 37.7 Å². The van der Waals surface area contributed by atoms with Crippen LogP contribution in [0, 0.1) is 35.0 Å². The van der Waals surface area contributed by atoms with Crippen LogP contribution >= 0.6 is 0 Å². The molecular formula is C33H30F3N9O. The van der Waals surface area contributed by atoms with Gasteiger partial charge in [-0.3, -0.25) is 4.98 Å². The molecule has 1 atom stereocenters. The van der Waals surface area contributed by atoms with E-state index in [1.807, 2.05) is 25.1 Å². The van der Waals surface area contributed by atoms with E-state index in [0.717, 1.165) is 15.8 Å². The standard InChI is InChI=1S/C33H30F3N9O/c1-19-23(27-15-39-18-46-27)6-5-7-24(19)30(26-16-45(44-43-26)32(8-9-32)33(34,35)36)42-22-10-20(12-37)28-25(11-22)29(21(13-38)14-40-28)41-17-31(2,3)4/h5-7,10-11,14-16,18,30,42H,8-9,17H2,1-4H3,(H,40,41). The van der Waals surface area contributed by atoms with E-state index in [-0.39, 0.29) is 29.5 Å². The van der Waals surface area contributed by atoms with E-state index in [1.54, 1.807) is 18.3 Å². The SMILES string of the molecule is Cc1c(-c2cnco2)cccc1C(Nc1cc(C#N)c2ncc(C#N)c(NCC(C)(C)C)c2c1)c1cn(C2(C(F)(F)F)CC2)nn1. The first kappa shape index (κ1) is 30.6. The highest BCUT2D eigenvalue weighted by Crippen LogP contribution is 2.55. The number of hydrogen-bond donors (Lipinski definition) is 2. The minimum Gasteiger partial charge on any atom is -0.444 e. The van der Waals surface area contributed by atoms with Crippen molar-refractivity contribution in [3.63, 3.8) is 0 Å². The van der Waals surface area contributed by atoms with Crippen molar-refractivity contribution in [3.05, 3.63) is 83.3 Å². The fraction of sp³-hybridized carbons (Fsp3) is 0.333. The van der Waals surface area contributed by atoms with Gasteiger partial charge in [0, 0.05) is 29.4 Å². The maximum atomic E-state index is 14.0. The summed E-state index contributed by atoms with van der Waals surface area (Å²) >= 11 is 0. The quantitative estimate of drug-likeness (QED) is 0.182. The fourth-order valence-corrected chi connectivity index (χ4v) is 5.54. The van der Waals surface area contributed by atoms with Gasteiger partial charge in [0.05, 0.1) is 40.8 Å². The van der Waals surface area contributed by atoms with Crippen LogP contribution in [0.5, 0.6) is 0 Å². The summed E-state index contributed by atoms with van der Waals surface area (Å²) in [6.45, 7) is 8.59. The van der Waals surface area contributed by atoms with Crippen molar-refractivity contribution in [3.8, 4) is 23.5 Å². The summed E-state index contributed by atoms with van der Waals surface area (Å²) in [6.07, 6.45) is 1.04. The van der Waals surface area contributed by atoms with E-state index in [4.69, 9.17) is 4.42 Å². The summed E-state index contributed by atoms with van der Waals surface area (Å²) < 4.78 is 48.5. The molecule has 1 aliphatic rings. The molecule has 13 heteroatoms. The number of alkyl halides is 3. The topological polar surface area (TPSA) is 141 Å². The molecule has 1 saturated carbocycles. The lowest BCUT2D eigenvalue weighted by molar-refractivity contribution is -0.182. The molecular weight excluding hydrogens is 595 g/mol. The molecule has 0 bridgehead atoms. The summed E-state index contributed by atoms with van der Waals surface area (Å²) in [6, 6.07) is 12.5. The summed E-state index contributed by atoms with van der Waals surface area (Å²) in [4.78, 5) is 8.44. The molecule has 2 aromatic carbocycles. The number of anilines is 2. The van der Waals surface area contributed by atoms with Gasteiger partial charge in [0.1, 0.15) is 17.8 Å². The van der Waals surface area contributed by atoms with Crippen molar-refractivity contribution in [1.82, 2.24) is 25.0 Å². The van der Waals surface area contributed by atoms with E-state index >= 15 is 0 Å². The van der Waals surface area contributed by atoms with Gasteiger partial charge >= 0.3 is 6.18 Å². The lowest BCUT2D eigenvalue weighted by atomic mass is 9.93. The maximum Gasteiger partial charge on any atom is 0.413 e. The van der Waals surface area contributed by atoms with Crippen LogP contribution in [-0.2, 0) is 5.54 Å². The van der Waals surface area contributed by atoms with Crippen LogP contribution in [0.4, 0.5) is 24.5 Å². The molecule has 5 aromatic rings. The Balaban J connectivity index is 1.50. The molecule has 6 rings (SSSR count). The van der Waals surface area contributed by atoms with Crippen molar-refractivity contribution >= 4 is 22.3 Å². The van der Waals surface area contributed by atoms with Gasteiger partial charge in [0.2, 0.25) is 0 Å². The third-order valence-corrected chi connectivity index (χ3v) is 8.20. The predicted molar refractivity (Wildman–Crippen MR) is 165 cm³/mol. The van der Waals surface area contributed by atoms with E-state index in [0.29, 0.717) is 45.7 Å². The zero-order chi connectivity index (χ0) is 32.9. The number of nitrogens with one attached hydrogen (secondary N) is 2. The first-order valence-corrected chi connectivity index (χ1v) is 14.6. The molecule has 0 spiro atoms. The van der Waals surface area contributed by atoms with Crippen molar-refractivity contribution in [1.29, 1.82) is 10.5 Å². The number of aromatic nitrogens is 5. The number of oxazole rings is 1. The van der Waals surface area contributed by atoms with Crippen LogP contribution in [0.15, 0.2) is 59.7 Å². The number of hydrogen-bond acceptors (Lipinski definition) is 9. The summed E-state index contributed by atoms with van der Waals surface area (Å²) in [7, 11) is 0. The average molecular weight is 626 g/mol. The number of rotatable bonds is 8. The number of benzene rings is 2. The van der Waals surface area contributed by atoms with Gasteiger partial charge < -0.3 is 15.1 Å². The third-order valence-electron chi connectivity index (χ3n) is 8.20. The van der Waals surface area contributed by atoms with Crippen LogP contribution in [0.1, 0.15) is 67.6 Å². The average Bonchev–Trinajstić information content (AvgIpc) is 3.41. The minimum absolute atomic E-state index is 0.0772. The highest BCUT2D eigenvalue weighted by molar-refractivity contribution is 5.99. The molecule has 3 heterocycles. The molecule has 10 nitrogen and oxygen atoms in total. The molecule has 2 N–H and O–H groups in total. The van der Waals surface area contributed by atoms with Crippen LogP contribution in [0.25, 0.3) is 22.2 Å². The maximum absolute atomic E-state index is 14.0. The van der Waals surface area contributed by atoms with Gasteiger partial charge in [-0.05, 0) is 48.4 Å². The number of fused-ring (bicyclic) bond motifs is 1. The summed E-state index contributed by atoms with van der Waals surface area (Å²) in [5.74, 6) is 0.526. The van der Waals surface area contributed by atoms with Crippen molar-refractivity contribution < 1.29 is 17.6 Å². The van der Waals surface area contributed by atoms with Crippen LogP contribution in [0.3, 0.4) is 0 Å². The van der Waals surface area contributed by atoms with Crippen molar-refractivity contribution in [2.75, 3.05) is 17.2 Å². The normalized spacial score (nSPS) is 14.8. The predicted octanol–water partition coefficient (Wildman–Crippen LogP) is 7.24. The van der Waals surface area contributed by atoms with E-state index in [9.17, 15) is 23.7 Å². The molecule has 1 unspecified atom stereocenters. The molecule has 1 fully saturated rings. The van der Waals surface area contributed by atoms with Gasteiger partial charge in [0.15, 0.2) is 17.7 Å². The second kappa shape index (κ2) is 11.2. The first-order valence-electron chi connectivity index (χ1n) is 14.6. The minimum atomic E-state index is -4.48. The van der Waals surface area contributed by atoms with Gasteiger partial charge in [-0.15, -0.1) is 5.10 Å². The van der Waals surface area contributed by atoms with Gasteiger partial charge in [0.25, 0.3) is 0 Å². The van der Waals surface area contributed by atoms with Gasteiger partial charge in [-0.25, -0.2) is 9.67 Å². The zero-order valence-electron chi connectivity index (χ0n) is 25.6. The number of nitrogens with zero attached hydrogens (tertiary/aromatic N) is 7. The monoisotopic (exact) mass is 625 g/mol. The molecule has 46 heavy (non-hydrogen) atoms. The molecule has 3 aromatic heterocycles. The van der Waals surface area contributed by atoms with Crippen molar-refractivity contribution in [2.24, 2.45) is 5.41 Å². The second-order valence-corrected chi connectivity index (χ2v) is 12.7. The number of pyridine rings is 1. The van der Waals surface area contributed by atoms with E-state index in [2.05, 4.69) is 63.8 Å². The molecule has 0 saturated heterocycles. The Kier molecular flexibility index (Phi) is 7.43. The third kappa shape index (κ3) is 5.49. The second-order valence-electron chi connectivity index (χ2n) is 12.7. The zero-order valence-corrected chi connectivity index (χ0v) is 25.6. The highest BCUT2D eigenvalue weighted by atomic mass is 19.4. The van der Waals surface area contributed by atoms with Crippen LogP contribution in [0.2, 0.25) is 0 Å². The Bertz CT molecular complexity index is 2010. The Morgan fingerprint density at radius 3 is 2.48 bits per heavy atom. The lowest BCUT2D eigenvalue weighted by Crippen LogP contribution is -2.35. The Morgan fingerprint density at radius 1 is 1.09 bits per heavy atom. The van der Waals surface area contributed by atoms with Crippen LogP contribution < -0.4 is 10.6 Å². The summed E-state index contributed by atoms with van der Waals surface area (Å²) in [5.41, 5.74) is 2.28. The molecule has 0 amide bonds. The van der Waals surface area contributed by atoms with Gasteiger partial charge in [-0.1, -0.05) is 44.2 Å². The Hall–Kier alpha value is -5.43. The Morgan fingerprint density at radius 2 is 1.85 bits per heavy atom. The summed E-state index contributed by atoms with van der Waals surface area (Å²) in [5, 5.41) is 35.5. The molecule has 0 aliphatic heterocycles. The largest absolute Gasteiger partial charge is 0.444 e. The van der Waals surface area contributed by atoms with Crippen molar-refractivity contribution in [2.45, 2.75) is 58.3 Å². The lowest BCUT2D eigenvalue weighted by Gasteiger charge is -2.23. The van der Waals surface area contributed by atoms with E-state index in [1.165, 1.54) is 18.8 Å². The highest BCUT2D eigenvalue weighted by Gasteiger charge is 2.66. The number of nitriles is 2. The van der Waals surface area contributed by atoms with Gasteiger partial charge in [-0.2, -0.15) is 23.7 Å².